The van der Waals surface area contributed by atoms with Crippen LogP contribution in [0.3, 0.4) is 0 Å². The highest BCUT2D eigenvalue weighted by Crippen LogP contribution is 2.38. The molecule has 2 fully saturated rings. The summed E-state index contributed by atoms with van der Waals surface area (Å²) in [4.78, 5) is 23.1. The van der Waals surface area contributed by atoms with Crippen LogP contribution < -0.4 is 9.55 Å². The van der Waals surface area contributed by atoms with E-state index >= 15 is 0 Å². The second-order valence-electron chi connectivity index (χ2n) is 10.2. The van der Waals surface area contributed by atoms with Crippen LogP contribution >= 0.6 is 0 Å². The summed E-state index contributed by atoms with van der Waals surface area (Å²) in [7, 11) is 1.67. The predicted octanol–water partition coefficient (Wildman–Crippen LogP) is 4.00. The van der Waals surface area contributed by atoms with Gasteiger partial charge in [-0.05, 0) is 51.2 Å². The average molecular weight is 461 g/mol. The quantitative estimate of drug-likeness (QED) is 0.436. The zero-order valence-electron chi connectivity index (χ0n) is 20.0. The Bertz CT molecular complexity index is 1260. The van der Waals surface area contributed by atoms with Gasteiger partial charge in [0, 0.05) is 55.0 Å². The second kappa shape index (κ2) is 8.06. The molecular weight excluding hydrogens is 428 g/mol. The predicted molar refractivity (Wildman–Crippen MR) is 133 cm³/mol. The summed E-state index contributed by atoms with van der Waals surface area (Å²) in [5.74, 6) is 1.06. The van der Waals surface area contributed by atoms with Crippen LogP contribution in [0.1, 0.15) is 65.3 Å². The maximum absolute atomic E-state index is 13.8. The molecule has 0 aliphatic carbocycles. The number of anilines is 1. The maximum atomic E-state index is 13.8. The Morgan fingerprint density at radius 3 is 2.76 bits per heavy atom. The fourth-order valence-electron chi connectivity index (χ4n) is 5.99. The van der Waals surface area contributed by atoms with E-state index in [1.807, 2.05) is 27.6 Å². The third kappa shape index (κ3) is 3.47. The molecular formula is C26H32N6O2. The minimum atomic E-state index is -0.406. The number of likely N-dealkylation sites (N-methyl/N-ethyl adjacent to an activating group) is 1. The third-order valence-corrected chi connectivity index (χ3v) is 7.81. The van der Waals surface area contributed by atoms with Gasteiger partial charge in [0.2, 0.25) is 0 Å². The second-order valence-corrected chi connectivity index (χ2v) is 10.2. The summed E-state index contributed by atoms with van der Waals surface area (Å²) in [5.41, 5.74) is 5.17. The molecule has 34 heavy (non-hydrogen) atoms. The number of fused-ring (bicyclic) bond motifs is 2. The van der Waals surface area contributed by atoms with Gasteiger partial charge in [-0.25, -0.2) is 9.50 Å². The summed E-state index contributed by atoms with van der Waals surface area (Å²) in [5, 5.41) is 17.7. The van der Waals surface area contributed by atoms with Gasteiger partial charge in [0.25, 0.3) is 5.91 Å². The van der Waals surface area contributed by atoms with E-state index in [2.05, 4.69) is 24.1 Å². The molecule has 6 rings (SSSR count). The molecule has 3 aliphatic heterocycles. The number of rotatable bonds is 3. The molecule has 8 heteroatoms. The zero-order chi connectivity index (χ0) is 23.4. The Morgan fingerprint density at radius 1 is 1.15 bits per heavy atom. The average Bonchev–Trinajstić information content (AvgIpc) is 3.57. The van der Waals surface area contributed by atoms with Crippen molar-refractivity contribution in [2.24, 2.45) is 0 Å². The van der Waals surface area contributed by atoms with E-state index < -0.39 is 4.65 Å². The van der Waals surface area contributed by atoms with Crippen LogP contribution in [0.5, 0.6) is 0 Å². The Balaban J connectivity index is 1.35. The Kier molecular flexibility index (Phi) is 5.11. The van der Waals surface area contributed by atoms with Crippen molar-refractivity contribution in [3.05, 3.63) is 58.1 Å². The number of benzene rings is 1. The molecule has 3 aliphatic rings. The van der Waals surface area contributed by atoms with Gasteiger partial charge in [-0.3, -0.25) is 4.79 Å². The van der Waals surface area contributed by atoms with Crippen molar-refractivity contribution >= 4 is 23.1 Å². The van der Waals surface area contributed by atoms with E-state index in [1.54, 1.807) is 7.05 Å². The van der Waals surface area contributed by atoms with E-state index in [-0.39, 0.29) is 11.9 Å². The van der Waals surface area contributed by atoms with Gasteiger partial charge in [-0.1, -0.05) is 6.07 Å². The largest absolute Gasteiger partial charge is 0.628 e. The molecule has 0 spiro atoms. The summed E-state index contributed by atoms with van der Waals surface area (Å²) in [6.45, 7) is 5.39. The lowest BCUT2D eigenvalue weighted by Crippen LogP contribution is -2.39. The van der Waals surface area contributed by atoms with Gasteiger partial charge in [0.1, 0.15) is 11.5 Å². The van der Waals surface area contributed by atoms with Crippen LogP contribution in [0.25, 0.3) is 5.65 Å². The van der Waals surface area contributed by atoms with Gasteiger partial charge >= 0.3 is 0 Å². The molecule has 8 nitrogen and oxygen atoms in total. The van der Waals surface area contributed by atoms with Crippen molar-refractivity contribution < 1.29 is 4.79 Å². The molecule has 1 amide bonds. The lowest BCUT2D eigenvalue weighted by Gasteiger charge is -2.35. The summed E-state index contributed by atoms with van der Waals surface area (Å²) >= 11 is 0. The number of hydrogen-bond acceptors (Lipinski definition) is 5. The van der Waals surface area contributed by atoms with E-state index in [0.717, 1.165) is 66.3 Å². The van der Waals surface area contributed by atoms with Crippen molar-refractivity contribution in [3.8, 4) is 0 Å². The molecule has 178 valence electrons. The number of aromatic nitrogens is 3. The fraction of sp³-hybridized carbons (Fsp3) is 0.500. The van der Waals surface area contributed by atoms with E-state index in [0.29, 0.717) is 25.1 Å². The number of piperidine rings is 1. The Hall–Kier alpha value is -2.97. The van der Waals surface area contributed by atoms with Gasteiger partial charge < -0.3 is 19.7 Å². The monoisotopic (exact) mass is 460 g/mol. The minimum Gasteiger partial charge on any atom is -0.628 e. The summed E-state index contributed by atoms with van der Waals surface area (Å²) < 4.78 is 1.46. The van der Waals surface area contributed by atoms with Crippen molar-refractivity contribution in [2.75, 3.05) is 38.1 Å². The molecule has 0 saturated carbocycles. The van der Waals surface area contributed by atoms with Crippen molar-refractivity contribution in [3.63, 3.8) is 0 Å². The standard InChI is InChI=1S/C26H32N6O2/c1-18-17-31-24(27-25(18)29-12-5-6-13-29)16-21(28-31)22-9-3-4-14-30(22)26(33)20-8-7-10-23-19(20)11-15-32(23,2)34/h7-8,10,16-17,22H,3-6,9,11-15H2,1-2H3/t22-,32?/m0/s1. The Morgan fingerprint density at radius 2 is 1.94 bits per heavy atom. The maximum Gasteiger partial charge on any atom is 0.254 e. The smallest absolute Gasteiger partial charge is 0.254 e. The number of aryl methyl sites for hydroxylation is 1. The van der Waals surface area contributed by atoms with Crippen LogP contribution in [0.4, 0.5) is 11.5 Å². The number of carbonyl (C=O) groups excluding carboxylic acids is 1. The fourth-order valence-corrected chi connectivity index (χ4v) is 5.99. The lowest BCUT2D eigenvalue weighted by atomic mass is 9.96. The first-order chi connectivity index (χ1) is 16.4. The molecule has 1 unspecified atom stereocenters. The first-order valence-electron chi connectivity index (χ1n) is 12.5. The molecule has 0 radical (unpaired) electrons. The SMILES string of the molecule is Cc1cn2nc([C@@H]3CCCCN3C(=O)c3cccc4c3CC[N+]4(C)[O-])cc2nc1N1CCCC1. The van der Waals surface area contributed by atoms with E-state index in [9.17, 15) is 10.0 Å². The van der Waals surface area contributed by atoms with Gasteiger partial charge in [0.05, 0.1) is 25.3 Å². The van der Waals surface area contributed by atoms with Crippen LogP contribution in [0.2, 0.25) is 0 Å². The normalized spacial score (nSPS) is 24.7. The van der Waals surface area contributed by atoms with Crippen LogP contribution in [0, 0.1) is 12.1 Å². The van der Waals surface area contributed by atoms with Crippen LogP contribution in [-0.2, 0) is 6.42 Å². The molecule has 1 aromatic carbocycles. The topological polar surface area (TPSA) is 76.8 Å². The van der Waals surface area contributed by atoms with Gasteiger partial charge in [0.15, 0.2) is 5.65 Å². The molecule has 3 aromatic rings. The van der Waals surface area contributed by atoms with Crippen LogP contribution in [0.15, 0.2) is 30.5 Å². The van der Waals surface area contributed by atoms with Crippen molar-refractivity contribution in [2.45, 2.75) is 51.5 Å². The Labute approximate surface area is 200 Å². The molecule has 0 N–H and O–H groups in total. The summed E-state index contributed by atoms with van der Waals surface area (Å²) in [6.07, 6.45) is 8.07. The van der Waals surface area contributed by atoms with Crippen molar-refractivity contribution in [1.29, 1.82) is 0 Å². The number of nitrogens with zero attached hydrogens (tertiary/aromatic N) is 6. The first kappa shape index (κ1) is 21.6. The highest BCUT2D eigenvalue weighted by molar-refractivity contribution is 5.97. The number of quaternary nitrogens is 1. The van der Waals surface area contributed by atoms with Gasteiger partial charge in [-0.15, -0.1) is 0 Å². The lowest BCUT2D eigenvalue weighted by molar-refractivity contribution is 0.0605. The van der Waals surface area contributed by atoms with E-state index in [4.69, 9.17) is 10.1 Å². The molecule has 0 bridgehead atoms. The first-order valence-corrected chi connectivity index (χ1v) is 12.5. The third-order valence-electron chi connectivity index (χ3n) is 7.81. The van der Waals surface area contributed by atoms with E-state index in [1.165, 1.54) is 12.8 Å². The number of likely N-dealkylation sites (tertiary alicyclic amines) is 1. The number of hydroxylamine groups is 2. The van der Waals surface area contributed by atoms with Crippen molar-refractivity contribution in [1.82, 2.24) is 24.1 Å². The highest BCUT2D eigenvalue weighted by atomic mass is 16.5. The molecule has 2 aromatic heterocycles. The number of amides is 1. The van der Waals surface area contributed by atoms with Gasteiger partial charge in [-0.2, -0.15) is 5.10 Å². The molecule has 2 atom stereocenters. The number of hydrogen-bond donors (Lipinski definition) is 0. The summed E-state index contributed by atoms with van der Waals surface area (Å²) in [6, 6.07) is 7.57. The molecule has 2 saturated heterocycles. The van der Waals surface area contributed by atoms with Crippen LogP contribution in [-0.4, -0.2) is 58.6 Å². The zero-order valence-corrected chi connectivity index (χ0v) is 20.0. The highest BCUT2D eigenvalue weighted by Gasteiger charge is 2.35. The number of carbonyl (C=O) groups is 1. The molecule has 5 heterocycles. The minimum absolute atomic E-state index is 0.0161.